The highest BCUT2D eigenvalue weighted by Crippen LogP contribution is 2.43. The molecule has 1 amide bonds. The molecule has 0 aliphatic heterocycles. The van der Waals surface area contributed by atoms with Crippen LogP contribution in [0.3, 0.4) is 0 Å². The first-order valence-corrected chi connectivity index (χ1v) is 8.05. The number of nitrogens with one attached hydrogen (secondary N) is 1. The smallest absolute Gasteiger partial charge is 0.226 e. The van der Waals surface area contributed by atoms with Crippen molar-refractivity contribution in [3.05, 3.63) is 0 Å². The van der Waals surface area contributed by atoms with Gasteiger partial charge in [0.05, 0.1) is 0 Å². The highest BCUT2D eigenvalue weighted by molar-refractivity contribution is 5.83. The molecule has 3 heteroatoms. The van der Waals surface area contributed by atoms with Crippen molar-refractivity contribution in [2.45, 2.75) is 78.2 Å². The van der Waals surface area contributed by atoms with Crippen LogP contribution in [0.25, 0.3) is 0 Å². The predicted octanol–water partition coefficient (Wildman–Crippen LogP) is 3.23. The van der Waals surface area contributed by atoms with Crippen molar-refractivity contribution in [1.29, 1.82) is 0 Å². The Labute approximate surface area is 118 Å². The maximum atomic E-state index is 12.7. The Bertz CT molecular complexity index is 270. The van der Waals surface area contributed by atoms with Gasteiger partial charge in [0.2, 0.25) is 5.91 Å². The van der Waals surface area contributed by atoms with E-state index in [9.17, 15) is 4.79 Å². The summed E-state index contributed by atoms with van der Waals surface area (Å²) < 4.78 is 0. The zero-order valence-electron chi connectivity index (χ0n) is 13.0. The molecule has 1 saturated carbocycles. The minimum atomic E-state index is -0.103. The Kier molecular flexibility index (Phi) is 6.84. The normalized spacial score (nSPS) is 19.6. The van der Waals surface area contributed by atoms with E-state index in [1.807, 2.05) is 0 Å². The summed E-state index contributed by atoms with van der Waals surface area (Å²) in [5.41, 5.74) is 5.69. The lowest BCUT2D eigenvalue weighted by atomic mass is 9.77. The largest absolute Gasteiger partial charge is 0.352 e. The molecule has 0 aromatic heterocycles. The van der Waals surface area contributed by atoms with Crippen LogP contribution in [0.4, 0.5) is 0 Å². The fourth-order valence-corrected chi connectivity index (χ4v) is 3.40. The summed E-state index contributed by atoms with van der Waals surface area (Å²) in [6, 6.07) is 0.164. The van der Waals surface area contributed by atoms with Crippen molar-refractivity contribution in [2.24, 2.45) is 17.1 Å². The summed E-state index contributed by atoms with van der Waals surface area (Å²) in [6.45, 7) is 7.16. The van der Waals surface area contributed by atoms with E-state index < -0.39 is 0 Å². The molecule has 1 fully saturated rings. The van der Waals surface area contributed by atoms with Gasteiger partial charge in [-0.05, 0) is 31.6 Å². The van der Waals surface area contributed by atoms with Crippen LogP contribution in [-0.4, -0.2) is 18.5 Å². The van der Waals surface area contributed by atoms with Crippen LogP contribution < -0.4 is 11.1 Å². The molecule has 0 radical (unpaired) electrons. The molecule has 1 aliphatic rings. The molecule has 1 rings (SSSR count). The standard InChI is InChI=1S/C16H32N2O/c1-4-5-8-14(12-17)18-15(19)16(11-13(2)3)9-6-7-10-16/h13-14H,4-12,17H2,1-3H3,(H,18,19). The maximum Gasteiger partial charge on any atom is 0.226 e. The number of rotatable bonds is 8. The third-order valence-electron chi connectivity index (χ3n) is 4.37. The molecule has 0 heterocycles. The van der Waals surface area contributed by atoms with Gasteiger partial charge < -0.3 is 11.1 Å². The molecule has 0 aromatic rings. The van der Waals surface area contributed by atoms with Gasteiger partial charge in [-0.2, -0.15) is 0 Å². The Balaban J connectivity index is 2.61. The van der Waals surface area contributed by atoms with Crippen molar-refractivity contribution in [3.63, 3.8) is 0 Å². The molecule has 19 heavy (non-hydrogen) atoms. The Morgan fingerprint density at radius 1 is 1.32 bits per heavy atom. The highest BCUT2D eigenvalue weighted by Gasteiger charge is 2.41. The molecule has 3 nitrogen and oxygen atoms in total. The summed E-state index contributed by atoms with van der Waals surface area (Å²) in [6.07, 6.45) is 8.83. The van der Waals surface area contributed by atoms with Gasteiger partial charge in [0.25, 0.3) is 0 Å². The van der Waals surface area contributed by atoms with Crippen molar-refractivity contribution in [2.75, 3.05) is 6.54 Å². The average Bonchev–Trinajstić information content (AvgIpc) is 2.83. The molecule has 0 saturated heterocycles. The average molecular weight is 268 g/mol. The first-order valence-electron chi connectivity index (χ1n) is 8.05. The summed E-state index contributed by atoms with van der Waals surface area (Å²) in [7, 11) is 0. The van der Waals surface area contributed by atoms with Crippen LogP contribution in [0.1, 0.15) is 72.1 Å². The van der Waals surface area contributed by atoms with E-state index in [2.05, 4.69) is 26.1 Å². The minimum absolute atomic E-state index is 0.103. The summed E-state index contributed by atoms with van der Waals surface area (Å²) in [4.78, 5) is 12.7. The number of carbonyl (C=O) groups excluding carboxylic acids is 1. The van der Waals surface area contributed by atoms with Crippen molar-refractivity contribution in [3.8, 4) is 0 Å². The third kappa shape index (κ3) is 4.79. The van der Waals surface area contributed by atoms with Gasteiger partial charge in [0, 0.05) is 18.0 Å². The van der Waals surface area contributed by atoms with Gasteiger partial charge >= 0.3 is 0 Å². The first kappa shape index (κ1) is 16.5. The second-order valence-corrected chi connectivity index (χ2v) is 6.63. The molecule has 1 atom stereocenters. The van der Waals surface area contributed by atoms with Gasteiger partial charge in [0.1, 0.15) is 0 Å². The fraction of sp³-hybridized carbons (Fsp3) is 0.938. The van der Waals surface area contributed by atoms with Gasteiger partial charge in [-0.3, -0.25) is 4.79 Å². The zero-order valence-corrected chi connectivity index (χ0v) is 13.0. The Morgan fingerprint density at radius 2 is 1.95 bits per heavy atom. The molecule has 1 unspecified atom stereocenters. The van der Waals surface area contributed by atoms with Crippen LogP contribution >= 0.6 is 0 Å². The summed E-state index contributed by atoms with van der Waals surface area (Å²) in [5, 5.41) is 3.23. The minimum Gasteiger partial charge on any atom is -0.352 e. The van der Waals surface area contributed by atoms with Crippen LogP contribution in [0.2, 0.25) is 0 Å². The molecule has 112 valence electrons. The Morgan fingerprint density at radius 3 is 2.42 bits per heavy atom. The quantitative estimate of drug-likeness (QED) is 0.710. The number of amides is 1. The lowest BCUT2D eigenvalue weighted by molar-refractivity contribution is -0.132. The van der Waals surface area contributed by atoms with E-state index in [4.69, 9.17) is 5.73 Å². The lowest BCUT2D eigenvalue weighted by Crippen LogP contribution is -2.47. The van der Waals surface area contributed by atoms with E-state index >= 15 is 0 Å². The van der Waals surface area contributed by atoms with Crippen molar-refractivity contribution < 1.29 is 4.79 Å². The molecule has 0 bridgehead atoms. The Hall–Kier alpha value is -0.570. The van der Waals surface area contributed by atoms with E-state index in [1.165, 1.54) is 12.8 Å². The summed E-state index contributed by atoms with van der Waals surface area (Å²) in [5.74, 6) is 0.848. The molecular weight excluding hydrogens is 236 g/mol. The predicted molar refractivity (Wildman–Crippen MR) is 80.9 cm³/mol. The maximum absolute atomic E-state index is 12.7. The van der Waals surface area contributed by atoms with Crippen LogP contribution in [-0.2, 0) is 4.79 Å². The fourth-order valence-electron chi connectivity index (χ4n) is 3.40. The molecular formula is C16H32N2O. The molecule has 0 aromatic carbocycles. The lowest BCUT2D eigenvalue weighted by Gasteiger charge is -2.31. The first-order chi connectivity index (χ1) is 9.04. The van der Waals surface area contributed by atoms with E-state index in [0.717, 1.165) is 38.5 Å². The second-order valence-electron chi connectivity index (χ2n) is 6.63. The van der Waals surface area contributed by atoms with Gasteiger partial charge in [-0.1, -0.05) is 46.5 Å². The molecule has 1 aliphatic carbocycles. The third-order valence-corrected chi connectivity index (χ3v) is 4.37. The van der Waals surface area contributed by atoms with Crippen LogP contribution in [0, 0.1) is 11.3 Å². The second kappa shape index (κ2) is 7.88. The number of carbonyl (C=O) groups is 1. The molecule has 3 N–H and O–H groups in total. The number of hydrogen-bond acceptors (Lipinski definition) is 2. The molecule has 0 spiro atoms. The number of hydrogen-bond donors (Lipinski definition) is 2. The number of nitrogens with two attached hydrogens (primary N) is 1. The highest BCUT2D eigenvalue weighted by atomic mass is 16.2. The van der Waals surface area contributed by atoms with Gasteiger partial charge in [0.15, 0.2) is 0 Å². The van der Waals surface area contributed by atoms with Crippen molar-refractivity contribution in [1.82, 2.24) is 5.32 Å². The van der Waals surface area contributed by atoms with Crippen molar-refractivity contribution >= 4 is 5.91 Å². The summed E-state index contributed by atoms with van der Waals surface area (Å²) >= 11 is 0. The topological polar surface area (TPSA) is 55.1 Å². The SMILES string of the molecule is CCCCC(CN)NC(=O)C1(CC(C)C)CCCC1. The van der Waals surface area contributed by atoms with Gasteiger partial charge in [-0.25, -0.2) is 0 Å². The van der Waals surface area contributed by atoms with E-state index in [1.54, 1.807) is 0 Å². The van der Waals surface area contributed by atoms with Crippen LogP contribution in [0.5, 0.6) is 0 Å². The van der Waals surface area contributed by atoms with Crippen LogP contribution in [0.15, 0.2) is 0 Å². The van der Waals surface area contributed by atoms with E-state index in [-0.39, 0.29) is 17.4 Å². The zero-order chi connectivity index (χ0) is 14.3. The van der Waals surface area contributed by atoms with E-state index in [0.29, 0.717) is 12.5 Å². The number of unbranched alkanes of at least 4 members (excludes halogenated alkanes) is 1. The van der Waals surface area contributed by atoms with Gasteiger partial charge in [-0.15, -0.1) is 0 Å². The monoisotopic (exact) mass is 268 g/mol.